The summed E-state index contributed by atoms with van der Waals surface area (Å²) in [6.45, 7) is 4.79. The molecule has 0 unspecified atom stereocenters. The fraction of sp³-hybridized carbons (Fsp3) is 0.370. The highest BCUT2D eigenvalue weighted by Gasteiger charge is 2.30. The van der Waals surface area contributed by atoms with Crippen LogP contribution in [-0.2, 0) is 16.4 Å². The Morgan fingerprint density at radius 3 is 2.41 bits per heavy atom. The number of halogens is 2. The number of nitrogens with zero attached hydrogens (tertiary/aromatic N) is 4. The van der Waals surface area contributed by atoms with E-state index in [1.807, 2.05) is 31.2 Å². The van der Waals surface area contributed by atoms with Gasteiger partial charge in [-0.3, -0.25) is 9.13 Å². The molecule has 0 spiro atoms. The highest BCUT2D eigenvalue weighted by atomic mass is 32.2. The summed E-state index contributed by atoms with van der Waals surface area (Å²) in [7, 11) is -2.24. The van der Waals surface area contributed by atoms with Gasteiger partial charge >= 0.3 is 5.69 Å². The summed E-state index contributed by atoms with van der Waals surface area (Å²) in [5.74, 6) is -0.0827. The standard InChI is InChI=1S/C27H30F2N4O5S/c1-6-38-26-22(37-4)12-11-20(31-26)21(15-39(5,35)36)33-25-24(32(27(33)34)14-23(28)29)17(3)19(13-30-25)18-10-8-7-9-16(18)2/h7-13,21,23H,6,14-15H2,1-5H3/t21-/m1/s1. The maximum atomic E-state index is 13.8. The van der Waals surface area contributed by atoms with Gasteiger partial charge in [-0.15, -0.1) is 0 Å². The molecule has 0 aliphatic carbocycles. The Hall–Kier alpha value is -3.80. The Balaban J connectivity index is 2.05. The molecule has 0 bridgehead atoms. The Bertz CT molecular complexity index is 1680. The molecule has 4 aromatic rings. The number of hydrogen-bond donors (Lipinski definition) is 0. The van der Waals surface area contributed by atoms with Crippen molar-refractivity contribution in [2.24, 2.45) is 0 Å². The van der Waals surface area contributed by atoms with Crippen LogP contribution in [-0.4, -0.2) is 59.7 Å². The van der Waals surface area contributed by atoms with Crippen molar-refractivity contribution in [2.75, 3.05) is 25.7 Å². The molecule has 0 fully saturated rings. The van der Waals surface area contributed by atoms with Crippen LogP contribution >= 0.6 is 0 Å². The molecule has 0 amide bonds. The molecule has 4 rings (SSSR count). The molecule has 12 heteroatoms. The van der Waals surface area contributed by atoms with E-state index in [1.165, 1.54) is 13.2 Å². The van der Waals surface area contributed by atoms with Crippen LogP contribution in [0.1, 0.15) is 29.8 Å². The van der Waals surface area contributed by atoms with Crippen molar-refractivity contribution in [3.05, 3.63) is 69.9 Å². The number of fused-ring (bicyclic) bond motifs is 1. The van der Waals surface area contributed by atoms with Gasteiger partial charge in [-0.1, -0.05) is 24.3 Å². The van der Waals surface area contributed by atoms with E-state index >= 15 is 0 Å². The van der Waals surface area contributed by atoms with Gasteiger partial charge in [0.2, 0.25) is 0 Å². The van der Waals surface area contributed by atoms with Crippen LogP contribution in [0.5, 0.6) is 11.6 Å². The topological polar surface area (TPSA) is 105 Å². The molecule has 9 nitrogen and oxygen atoms in total. The second-order valence-corrected chi connectivity index (χ2v) is 11.4. The zero-order valence-electron chi connectivity index (χ0n) is 22.3. The quantitative estimate of drug-likeness (QED) is 0.287. The fourth-order valence-corrected chi connectivity index (χ4v) is 5.62. The Labute approximate surface area is 225 Å². The van der Waals surface area contributed by atoms with Crippen LogP contribution in [0.4, 0.5) is 8.78 Å². The van der Waals surface area contributed by atoms with Crippen molar-refractivity contribution >= 4 is 21.0 Å². The first kappa shape index (κ1) is 28.2. The highest BCUT2D eigenvalue weighted by Crippen LogP contribution is 2.33. The molecule has 0 saturated carbocycles. The minimum absolute atomic E-state index is 0.0831. The van der Waals surface area contributed by atoms with Crippen LogP contribution in [0, 0.1) is 13.8 Å². The first-order valence-electron chi connectivity index (χ1n) is 12.3. The van der Waals surface area contributed by atoms with Crippen LogP contribution in [0.15, 0.2) is 47.4 Å². The SMILES string of the molecule is CCOc1nc([C@@H](CS(C)(=O)=O)n2c(=O)n(CC(F)F)c3c(C)c(-c4ccccc4C)cnc32)ccc1OC. The summed E-state index contributed by atoms with van der Waals surface area (Å²) >= 11 is 0. The van der Waals surface area contributed by atoms with E-state index in [1.54, 1.807) is 26.1 Å². The van der Waals surface area contributed by atoms with Crippen LogP contribution in [0.2, 0.25) is 0 Å². The molecule has 3 aromatic heterocycles. The van der Waals surface area contributed by atoms with Crippen molar-refractivity contribution in [3.8, 4) is 22.8 Å². The monoisotopic (exact) mass is 560 g/mol. The number of hydrogen-bond acceptors (Lipinski definition) is 7. The summed E-state index contributed by atoms with van der Waals surface area (Å²) in [6, 6.07) is 9.46. The third-order valence-corrected chi connectivity index (χ3v) is 7.36. The van der Waals surface area contributed by atoms with Gasteiger partial charge in [0.05, 0.1) is 43.3 Å². The summed E-state index contributed by atoms with van der Waals surface area (Å²) < 4.78 is 65.5. The number of methoxy groups -OCH3 is 1. The van der Waals surface area contributed by atoms with Crippen molar-refractivity contribution in [1.82, 2.24) is 19.1 Å². The summed E-state index contributed by atoms with van der Waals surface area (Å²) in [6.07, 6.45) is -0.223. The molecule has 0 saturated heterocycles. The number of rotatable bonds is 10. The van der Waals surface area contributed by atoms with E-state index in [4.69, 9.17) is 9.47 Å². The van der Waals surface area contributed by atoms with E-state index in [2.05, 4.69) is 9.97 Å². The van der Waals surface area contributed by atoms with Crippen molar-refractivity contribution in [2.45, 2.75) is 39.8 Å². The lowest BCUT2D eigenvalue weighted by atomic mass is 9.98. The van der Waals surface area contributed by atoms with Gasteiger partial charge in [0.1, 0.15) is 9.84 Å². The number of alkyl halides is 2. The van der Waals surface area contributed by atoms with Gasteiger partial charge in [-0.05, 0) is 49.6 Å². The number of sulfone groups is 1. The highest BCUT2D eigenvalue weighted by molar-refractivity contribution is 7.90. The van der Waals surface area contributed by atoms with E-state index in [0.29, 0.717) is 16.9 Å². The second-order valence-electron chi connectivity index (χ2n) is 9.22. The van der Waals surface area contributed by atoms with Gasteiger partial charge in [-0.2, -0.15) is 0 Å². The normalized spacial score (nSPS) is 12.7. The van der Waals surface area contributed by atoms with E-state index < -0.39 is 40.3 Å². The molecule has 208 valence electrons. The van der Waals surface area contributed by atoms with E-state index in [0.717, 1.165) is 26.5 Å². The molecule has 1 aromatic carbocycles. The van der Waals surface area contributed by atoms with Crippen molar-refractivity contribution in [1.29, 1.82) is 0 Å². The van der Waals surface area contributed by atoms with Crippen LogP contribution < -0.4 is 15.2 Å². The zero-order chi connectivity index (χ0) is 28.5. The van der Waals surface area contributed by atoms with E-state index in [-0.39, 0.29) is 29.3 Å². The molecule has 0 aliphatic rings. The number of aryl methyl sites for hydroxylation is 2. The predicted octanol–water partition coefficient (Wildman–Crippen LogP) is 4.18. The fourth-order valence-electron chi connectivity index (χ4n) is 4.73. The molecule has 0 N–H and O–H groups in total. The number of pyridine rings is 2. The minimum atomic E-state index is -3.68. The van der Waals surface area contributed by atoms with Crippen LogP contribution in [0.3, 0.4) is 0 Å². The lowest BCUT2D eigenvalue weighted by molar-refractivity contribution is 0.126. The van der Waals surface area contributed by atoms with E-state index in [9.17, 15) is 22.0 Å². The molecule has 39 heavy (non-hydrogen) atoms. The predicted molar refractivity (Wildman–Crippen MR) is 145 cm³/mol. The maximum Gasteiger partial charge on any atom is 0.331 e. The Morgan fingerprint density at radius 2 is 1.79 bits per heavy atom. The number of aromatic nitrogens is 4. The smallest absolute Gasteiger partial charge is 0.331 e. The minimum Gasteiger partial charge on any atom is -0.491 e. The average Bonchev–Trinajstić information content (AvgIpc) is 3.14. The van der Waals surface area contributed by atoms with Crippen molar-refractivity contribution < 1.29 is 26.7 Å². The first-order valence-corrected chi connectivity index (χ1v) is 14.3. The molecular weight excluding hydrogens is 530 g/mol. The Kier molecular flexibility index (Phi) is 8.05. The summed E-state index contributed by atoms with van der Waals surface area (Å²) in [4.78, 5) is 22.8. The second kappa shape index (κ2) is 11.1. The zero-order valence-corrected chi connectivity index (χ0v) is 23.1. The lowest BCUT2D eigenvalue weighted by Gasteiger charge is -2.19. The molecular formula is C27H30F2N4O5S. The molecule has 3 heterocycles. The van der Waals surface area contributed by atoms with Gasteiger partial charge in [0.25, 0.3) is 12.3 Å². The number of ether oxygens (including phenoxy) is 2. The summed E-state index contributed by atoms with van der Waals surface area (Å²) in [5, 5.41) is 0. The van der Waals surface area contributed by atoms with Gasteiger partial charge in [0.15, 0.2) is 11.4 Å². The molecule has 0 aliphatic heterocycles. The molecule has 1 atom stereocenters. The largest absolute Gasteiger partial charge is 0.491 e. The van der Waals surface area contributed by atoms with Gasteiger partial charge < -0.3 is 9.47 Å². The number of imidazole rings is 1. The van der Waals surface area contributed by atoms with Gasteiger partial charge in [0, 0.05) is 18.0 Å². The van der Waals surface area contributed by atoms with Gasteiger partial charge in [-0.25, -0.2) is 32.0 Å². The number of benzene rings is 1. The Morgan fingerprint density at radius 1 is 1.08 bits per heavy atom. The average molecular weight is 561 g/mol. The third kappa shape index (κ3) is 5.65. The summed E-state index contributed by atoms with van der Waals surface area (Å²) in [5.41, 5.74) is 2.71. The first-order chi connectivity index (χ1) is 18.5. The molecule has 0 radical (unpaired) electrons. The maximum absolute atomic E-state index is 13.8. The van der Waals surface area contributed by atoms with Crippen LogP contribution in [0.25, 0.3) is 22.3 Å². The third-order valence-electron chi connectivity index (χ3n) is 6.44. The lowest BCUT2D eigenvalue weighted by Crippen LogP contribution is -2.33. The van der Waals surface area contributed by atoms with Crippen molar-refractivity contribution in [3.63, 3.8) is 0 Å².